The molecule has 0 atom stereocenters. The standard InChI is InChI=1S/C30H29F2N3O6/c31-30(32,23-7-11-26(12-8-23)38-15-3-1-2-14-33)41-27-9-4-21(5-10-27)6-13-28(36)39-16-17-40-29(37)22-18-24(34)20-25(35)19-22/h4-13,18-20H,1-3,15-17,34-35H2/b13-6+. The maximum atomic E-state index is 14.6. The van der Waals surface area contributed by atoms with Crippen LogP contribution in [-0.4, -0.2) is 31.8 Å². The molecule has 0 spiro atoms. The minimum absolute atomic E-state index is 0.0729. The van der Waals surface area contributed by atoms with Gasteiger partial charge in [-0.05, 0) is 79.1 Å². The second kappa shape index (κ2) is 14.9. The molecule has 9 nitrogen and oxygen atoms in total. The van der Waals surface area contributed by atoms with Crippen LogP contribution in [0, 0.1) is 11.3 Å². The molecular weight excluding hydrogens is 536 g/mol. The average molecular weight is 566 g/mol. The fourth-order valence-electron chi connectivity index (χ4n) is 3.46. The van der Waals surface area contributed by atoms with E-state index >= 15 is 0 Å². The first-order valence-electron chi connectivity index (χ1n) is 12.6. The summed E-state index contributed by atoms with van der Waals surface area (Å²) in [5, 5.41) is 8.53. The number of esters is 2. The van der Waals surface area contributed by atoms with Crippen molar-refractivity contribution in [3.63, 3.8) is 0 Å². The Morgan fingerprint density at radius 3 is 2.15 bits per heavy atom. The molecule has 0 bridgehead atoms. The average Bonchev–Trinajstić information content (AvgIpc) is 2.94. The molecule has 0 saturated heterocycles. The second-order valence-electron chi connectivity index (χ2n) is 8.70. The quantitative estimate of drug-likeness (QED) is 0.112. The summed E-state index contributed by atoms with van der Waals surface area (Å²) in [5.74, 6) is -0.971. The van der Waals surface area contributed by atoms with E-state index in [1.54, 1.807) is 0 Å². The summed E-state index contributed by atoms with van der Waals surface area (Å²) in [4.78, 5) is 23.9. The summed E-state index contributed by atoms with van der Waals surface area (Å²) >= 11 is 0. The number of hydrogen-bond acceptors (Lipinski definition) is 9. The molecule has 0 aliphatic carbocycles. The number of nitrogen functional groups attached to an aromatic ring is 2. The normalized spacial score (nSPS) is 11.0. The van der Waals surface area contributed by atoms with Crippen molar-refractivity contribution in [3.8, 4) is 17.6 Å². The molecule has 0 aliphatic heterocycles. The molecule has 4 N–H and O–H groups in total. The van der Waals surface area contributed by atoms with Crippen molar-refractivity contribution < 1.29 is 37.3 Å². The Hall–Kier alpha value is -5.11. The number of anilines is 2. The van der Waals surface area contributed by atoms with E-state index in [-0.39, 0.29) is 30.1 Å². The molecule has 214 valence electrons. The van der Waals surface area contributed by atoms with Gasteiger partial charge in [-0.2, -0.15) is 14.0 Å². The summed E-state index contributed by atoms with van der Waals surface area (Å²) in [6, 6.07) is 17.4. The molecule has 0 aliphatic rings. The van der Waals surface area contributed by atoms with Gasteiger partial charge in [-0.25, -0.2) is 9.59 Å². The van der Waals surface area contributed by atoms with Crippen LogP contribution < -0.4 is 20.9 Å². The third kappa shape index (κ3) is 10.2. The number of carbonyl (C=O) groups excluding carboxylic acids is 2. The topological polar surface area (TPSA) is 147 Å². The van der Waals surface area contributed by atoms with E-state index in [2.05, 4.69) is 0 Å². The molecule has 3 aromatic carbocycles. The number of nitrogens with zero attached hydrogens (tertiary/aromatic N) is 1. The van der Waals surface area contributed by atoms with Gasteiger partial charge in [0, 0.05) is 23.9 Å². The summed E-state index contributed by atoms with van der Waals surface area (Å²) in [5.41, 5.74) is 12.3. The molecule has 3 aromatic rings. The van der Waals surface area contributed by atoms with Crippen molar-refractivity contribution in [2.24, 2.45) is 0 Å². The smallest absolute Gasteiger partial charge is 0.426 e. The van der Waals surface area contributed by atoms with Gasteiger partial charge < -0.3 is 30.4 Å². The van der Waals surface area contributed by atoms with Gasteiger partial charge in [-0.1, -0.05) is 12.1 Å². The van der Waals surface area contributed by atoms with Crippen LogP contribution in [0.4, 0.5) is 20.2 Å². The number of carbonyl (C=O) groups is 2. The minimum Gasteiger partial charge on any atom is -0.494 e. The number of alkyl halides is 2. The summed E-state index contributed by atoms with van der Waals surface area (Å²) in [7, 11) is 0. The molecule has 3 rings (SSSR count). The predicted octanol–water partition coefficient (Wildman–Crippen LogP) is 5.47. The molecule has 0 saturated carbocycles. The lowest BCUT2D eigenvalue weighted by atomic mass is 10.2. The number of nitriles is 1. The SMILES string of the molecule is N#CCCCCOc1ccc(C(F)(F)Oc2ccc(/C=C/C(=O)OCCOC(=O)c3cc(N)cc(N)c3)cc2)cc1. The van der Waals surface area contributed by atoms with Crippen LogP contribution in [-0.2, 0) is 20.4 Å². The number of hydrogen-bond donors (Lipinski definition) is 2. The summed E-state index contributed by atoms with van der Waals surface area (Å²) in [6.07, 6.45) is 0.847. The highest BCUT2D eigenvalue weighted by atomic mass is 19.3. The maximum absolute atomic E-state index is 14.6. The fraction of sp³-hybridized carbons (Fsp3) is 0.233. The zero-order chi connectivity index (χ0) is 29.7. The number of nitrogens with two attached hydrogens (primary N) is 2. The Kier molecular flexibility index (Phi) is 11.0. The first-order chi connectivity index (χ1) is 19.7. The number of ether oxygens (including phenoxy) is 4. The highest BCUT2D eigenvalue weighted by Crippen LogP contribution is 2.32. The van der Waals surface area contributed by atoms with Crippen molar-refractivity contribution in [3.05, 3.63) is 89.5 Å². The van der Waals surface area contributed by atoms with E-state index in [0.29, 0.717) is 48.6 Å². The number of rotatable bonds is 14. The monoisotopic (exact) mass is 565 g/mol. The number of benzene rings is 3. The Morgan fingerprint density at radius 1 is 0.854 bits per heavy atom. The predicted molar refractivity (Wildman–Crippen MR) is 148 cm³/mol. The summed E-state index contributed by atoms with van der Waals surface area (Å²) < 4.78 is 49.7. The van der Waals surface area contributed by atoms with Crippen molar-refractivity contribution in [1.29, 1.82) is 5.26 Å². The van der Waals surface area contributed by atoms with E-state index in [4.69, 9.17) is 35.7 Å². The van der Waals surface area contributed by atoms with Crippen LogP contribution in [0.3, 0.4) is 0 Å². The van der Waals surface area contributed by atoms with E-state index in [0.717, 1.165) is 6.08 Å². The van der Waals surface area contributed by atoms with Gasteiger partial charge in [-0.3, -0.25) is 0 Å². The Labute approximate surface area is 235 Å². The largest absolute Gasteiger partial charge is 0.494 e. The van der Waals surface area contributed by atoms with E-state index in [1.807, 2.05) is 6.07 Å². The van der Waals surface area contributed by atoms with Gasteiger partial charge in [0.2, 0.25) is 0 Å². The molecule has 0 aromatic heterocycles. The third-order valence-corrected chi connectivity index (χ3v) is 5.45. The van der Waals surface area contributed by atoms with Gasteiger partial charge in [0.25, 0.3) is 0 Å². The first-order valence-corrected chi connectivity index (χ1v) is 12.6. The van der Waals surface area contributed by atoms with Gasteiger partial charge in [0.15, 0.2) is 0 Å². The van der Waals surface area contributed by atoms with Gasteiger partial charge in [0.05, 0.1) is 23.8 Å². The van der Waals surface area contributed by atoms with Crippen LogP contribution in [0.2, 0.25) is 0 Å². The molecule has 0 heterocycles. The Bertz CT molecular complexity index is 1370. The fourth-order valence-corrected chi connectivity index (χ4v) is 3.46. The molecule has 41 heavy (non-hydrogen) atoms. The first kappa shape index (κ1) is 30.4. The van der Waals surface area contributed by atoms with Crippen LogP contribution in [0.1, 0.15) is 40.7 Å². The van der Waals surface area contributed by atoms with E-state index in [1.165, 1.54) is 72.8 Å². The third-order valence-electron chi connectivity index (χ3n) is 5.45. The van der Waals surface area contributed by atoms with E-state index < -0.39 is 18.0 Å². The second-order valence-corrected chi connectivity index (χ2v) is 8.70. The Balaban J connectivity index is 1.42. The van der Waals surface area contributed by atoms with Crippen LogP contribution in [0.25, 0.3) is 6.08 Å². The Morgan fingerprint density at radius 2 is 1.49 bits per heavy atom. The van der Waals surface area contributed by atoms with E-state index in [9.17, 15) is 18.4 Å². The lowest BCUT2D eigenvalue weighted by Crippen LogP contribution is -2.21. The number of unbranched alkanes of at least 4 members (excludes halogenated alkanes) is 2. The zero-order valence-corrected chi connectivity index (χ0v) is 22.1. The highest BCUT2D eigenvalue weighted by Gasteiger charge is 2.34. The van der Waals surface area contributed by atoms with Crippen molar-refractivity contribution in [2.75, 3.05) is 31.3 Å². The van der Waals surface area contributed by atoms with Gasteiger partial charge >= 0.3 is 18.0 Å². The van der Waals surface area contributed by atoms with Gasteiger partial charge in [-0.15, -0.1) is 0 Å². The molecular formula is C30H29F2N3O6. The molecule has 0 radical (unpaired) electrons. The van der Waals surface area contributed by atoms with Crippen molar-refractivity contribution in [2.45, 2.75) is 25.4 Å². The highest BCUT2D eigenvalue weighted by molar-refractivity contribution is 5.91. The maximum Gasteiger partial charge on any atom is 0.426 e. The van der Waals surface area contributed by atoms with Crippen LogP contribution in [0.5, 0.6) is 11.5 Å². The molecule has 0 unspecified atom stereocenters. The zero-order valence-electron chi connectivity index (χ0n) is 22.1. The molecule has 11 heteroatoms. The molecule has 0 amide bonds. The van der Waals surface area contributed by atoms with Crippen molar-refractivity contribution in [1.82, 2.24) is 0 Å². The lowest BCUT2D eigenvalue weighted by Gasteiger charge is -2.18. The number of halogens is 2. The van der Waals surface area contributed by atoms with Gasteiger partial charge in [0.1, 0.15) is 24.7 Å². The summed E-state index contributed by atoms with van der Waals surface area (Å²) in [6.45, 7) is 0.0413. The van der Waals surface area contributed by atoms with Crippen LogP contribution in [0.15, 0.2) is 72.8 Å². The lowest BCUT2D eigenvalue weighted by molar-refractivity contribution is -0.185. The minimum atomic E-state index is -3.59. The van der Waals surface area contributed by atoms with Crippen LogP contribution >= 0.6 is 0 Å². The van der Waals surface area contributed by atoms with Crippen molar-refractivity contribution >= 4 is 29.4 Å². The molecule has 0 fully saturated rings.